The molecule has 1 amide bonds. The topological polar surface area (TPSA) is 107 Å². The second kappa shape index (κ2) is 9.69. The van der Waals surface area contributed by atoms with E-state index in [4.69, 9.17) is 19.0 Å². The zero-order valence-electron chi connectivity index (χ0n) is 19.9. The highest BCUT2D eigenvalue weighted by atomic mass is 16.6. The van der Waals surface area contributed by atoms with Crippen LogP contribution in [0.1, 0.15) is 47.0 Å². The molecule has 1 aliphatic heterocycles. The third-order valence-electron chi connectivity index (χ3n) is 6.61. The molecule has 2 heterocycles. The summed E-state index contributed by atoms with van der Waals surface area (Å²) < 4.78 is 15.8. The van der Waals surface area contributed by atoms with Gasteiger partial charge in [-0.25, -0.2) is 5.01 Å². The lowest BCUT2D eigenvalue weighted by molar-refractivity contribution is -0.402. The summed E-state index contributed by atoms with van der Waals surface area (Å²) in [7, 11) is 3.23. The second-order valence-electron chi connectivity index (χ2n) is 8.69. The van der Waals surface area contributed by atoms with Gasteiger partial charge >= 0.3 is 11.8 Å². The number of ether oxygens (including phenoxy) is 2. The minimum absolute atomic E-state index is 0.0226. The number of carbonyl (C=O) groups excluding carboxylic acids is 1. The number of fused-ring (bicyclic) bond motifs is 1. The summed E-state index contributed by atoms with van der Waals surface area (Å²) in [5.74, 6) is 0.342. The molecule has 2 atom stereocenters. The number of nitro groups is 1. The molecule has 0 radical (unpaired) electrons. The van der Waals surface area contributed by atoms with Gasteiger partial charge in [-0.05, 0) is 72.4 Å². The van der Waals surface area contributed by atoms with Crippen molar-refractivity contribution in [1.29, 1.82) is 0 Å². The SMILES string of the molecule is COc1ccc(/C=C2\CCCC3C2=NN(C(=O)c2ccc([N+](=O)[O-])o2)C3c2ccc(OC)cc2)cc1. The first kappa shape index (κ1) is 23.3. The molecule has 1 saturated carbocycles. The first-order valence-electron chi connectivity index (χ1n) is 11.6. The van der Waals surface area contributed by atoms with E-state index in [1.165, 1.54) is 17.1 Å². The van der Waals surface area contributed by atoms with Crippen molar-refractivity contribution in [3.8, 4) is 11.5 Å². The van der Waals surface area contributed by atoms with Crippen LogP contribution in [-0.4, -0.2) is 35.8 Å². The molecule has 0 saturated heterocycles. The Morgan fingerprint density at radius 2 is 1.72 bits per heavy atom. The number of amides is 1. The zero-order valence-corrected chi connectivity index (χ0v) is 19.9. The minimum Gasteiger partial charge on any atom is -0.497 e. The van der Waals surface area contributed by atoms with E-state index < -0.39 is 16.7 Å². The summed E-state index contributed by atoms with van der Waals surface area (Å²) in [5, 5.41) is 17.3. The summed E-state index contributed by atoms with van der Waals surface area (Å²) in [6, 6.07) is 17.5. The molecule has 1 aliphatic carbocycles. The largest absolute Gasteiger partial charge is 0.497 e. The molecule has 1 fully saturated rings. The lowest BCUT2D eigenvalue weighted by Crippen LogP contribution is -2.31. The number of nitrogens with zero attached hydrogens (tertiary/aromatic N) is 3. The van der Waals surface area contributed by atoms with Crippen molar-refractivity contribution in [3.05, 3.63) is 93.2 Å². The van der Waals surface area contributed by atoms with Crippen molar-refractivity contribution >= 4 is 23.6 Å². The van der Waals surface area contributed by atoms with Gasteiger partial charge in [0.2, 0.25) is 5.76 Å². The van der Waals surface area contributed by atoms with Crippen LogP contribution in [0.4, 0.5) is 5.88 Å². The lowest BCUT2D eigenvalue weighted by atomic mass is 9.77. The van der Waals surface area contributed by atoms with Gasteiger partial charge in [0.05, 0.1) is 32.0 Å². The van der Waals surface area contributed by atoms with Crippen LogP contribution in [0.25, 0.3) is 6.08 Å². The summed E-state index contributed by atoms with van der Waals surface area (Å²) in [5.41, 5.74) is 3.84. The van der Waals surface area contributed by atoms with Crippen LogP contribution in [0, 0.1) is 16.0 Å². The summed E-state index contributed by atoms with van der Waals surface area (Å²) >= 11 is 0. The van der Waals surface area contributed by atoms with Crippen LogP contribution in [-0.2, 0) is 0 Å². The molecular weight excluding hydrogens is 462 g/mol. The number of benzene rings is 2. The molecule has 36 heavy (non-hydrogen) atoms. The number of allylic oxidation sites excluding steroid dienone is 1. The maximum atomic E-state index is 13.5. The van der Waals surface area contributed by atoms with Gasteiger partial charge in [0.25, 0.3) is 0 Å². The van der Waals surface area contributed by atoms with Gasteiger partial charge in [-0.2, -0.15) is 5.10 Å². The van der Waals surface area contributed by atoms with Gasteiger partial charge in [0.15, 0.2) is 0 Å². The van der Waals surface area contributed by atoms with Crippen LogP contribution >= 0.6 is 0 Å². The fourth-order valence-corrected chi connectivity index (χ4v) is 4.86. The molecule has 0 spiro atoms. The average Bonchev–Trinajstić information content (AvgIpc) is 3.55. The Balaban J connectivity index is 1.55. The first-order valence-corrected chi connectivity index (χ1v) is 11.6. The molecule has 184 valence electrons. The molecular formula is C27H25N3O6. The van der Waals surface area contributed by atoms with Crippen LogP contribution in [0.5, 0.6) is 11.5 Å². The quantitative estimate of drug-likeness (QED) is 0.329. The zero-order chi connectivity index (χ0) is 25.2. The Morgan fingerprint density at radius 1 is 1.06 bits per heavy atom. The van der Waals surface area contributed by atoms with Crippen LogP contribution in [0.15, 0.2) is 75.8 Å². The van der Waals surface area contributed by atoms with E-state index in [0.717, 1.165) is 47.4 Å². The summed E-state index contributed by atoms with van der Waals surface area (Å²) in [6.45, 7) is 0. The fraction of sp³-hybridized carbons (Fsp3) is 0.259. The van der Waals surface area contributed by atoms with Crippen LogP contribution in [0.3, 0.4) is 0 Å². The van der Waals surface area contributed by atoms with Crippen LogP contribution in [0.2, 0.25) is 0 Å². The van der Waals surface area contributed by atoms with E-state index in [-0.39, 0.29) is 17.7 Å². The Bertz CT molecular complexity index is 1340. The summed E-state index contributed by atoms with van der Waals surface area (Å²) in [6.07, 6.45) is 4.75. The molecule has 9 heteroatoms. The van der Waals surface area contributed by atoms with Gasteiger partial charge in [-0.15, -0.1) is 0 Å². The monoisotopic (exact) mass is 487 g/mol. The molecule has 0 N–H and O–H groups in total. The van der Waals surface area contributed by atoms with Gasteiger partial charge in [0.1, 0.15) is 16.4 Å². The van der Waals surface area contributed by atoms with Gasteiger partial charge in [0, 0.05) is 5.92 Å². The highest BCUT2D eigenvalue weighted by Crippen LogP contribution is 2.45. The normalized spacial score (nSPS) is 20.1. The van der Waals surface area contributed by atoms with Crippen LogP contribution < -0.4 is 9.47 Å². The van der Waals surface area contributed by atoms with E-state index in [1.54, 1.807) is 14.2 Å². The summed E-state index contributed by atoms with van der Waals surface area (Å²) in [4.78, 5) is 23.9. The number of hydrazone groups is 1. The highest BCUT2D eigenvalue weighted by molar-refractivity contribution is 6.09. The van der Waals surface area contributed by atoms with Crippen molar-refractivity contribution in [1.82, 2.24) is 5.01 Å². The number of rotatable bonds is 6. The standard InChI is InChI=1S/C27H25N3O6/c1-34-20-10-6-17(7-11-20)16-19-4-3-5-22-25(19)28-29(26(22)18-8-12-21(35-2)13-9-18)27(31)23-14-15-24(36-23)30(32)33/h6-16,22,26H,3-5H2,1-2H3/b19-16+. The molecule has 2 aliphatic rings. The molecule has 2 aromatic carbocycles. The predicted molar refractivity (Wildman–Crippen MR) is 133 cm³/mol. The van der Waals surface area contributed by atoms with Crippen molar-refractivity contribution < 1.29 is 23.6 Å². The average molecular weight is 488 g/mol. The van der Waals surface area contributed by atoms with Gasteiger partial charge in [-0.1, -0.05) is 24.3 Å². The Hall–Kier alpha value is -4.40. The number of methoxy groups -OCH3 is 2. The Labute approximate surface area is 207 Å². The number of furan rings is 1. The Morgan fingerprint density at radius 3 is 2.33 bits per heavy atom. The number of carbonyl (C=O) groups is 1. The molecule has 2 unspecified atom stereocenters. The highest BCUT2D eigenvalue weighted by Gasteiger charge is 2.44. The van der Waals surface area contributed by atoms with Crippen molar-refractivity contribution in [2.45, 2.75) is 25.3 Å². The molecule has 1 aromatic heterocycles. The van der Waals surface area contributed by atoms with E-state index in [9.17, 15) is 14.9 Å². The lowest BCUT2D eigenvalue weighted by Gasteiger charge is -2.29. The molecule has 9 nitrogen and oxygen atoms in total. The molecule has 0 bridgehead atoms. The molecule has 3 aromatic rings. The van der Waals surface area contributed by atoms with Gasteiger partial charge < -0.3 is 13.9 Å². The van der Waals surface area contributed by atoms with E-state index in [0.29, 0.717) is 5.75 Å². The van der Waals surface area contributed by atoms with Crippen molar-refractivity contribution in [2.75, 3.05) is 14.2 Å². The number of hydrogen-bond donors (Lipinski definition) is 0. The van der Waals surface area contributed by atoms with E-state index >= 15 is 0 Å². The van der Waals surface area contributed by atoms with Gasteiger partial charge in [-0.3, -0.25) is 14.9 Å². The van der Waals surface area contributed by atoms with E-state index in [2.05, 4.69) is 6.08 Å². The van der Waals surface area contributed by atoms with E-state index in [1.807, 2.05) is 48.5 Å². The molecule has 5 rings (SSSR count). The maximum Gasteiger partial charge on any atom is 0.433 e. The smallest absolute Gasteiger partial charge is 0.433 e. The predicted octanol–water partition coefficient (Wildman–Crippen LogP) is 5.64. The van der Waals surface area contributed by atoms with Crippen molar-refractivity contribution in [3.63, 3.8) is 0 Å². The second-order valence-corrected chi connectivity index (χ2v) is 8.69. The third kappa shape index (κ3) is 4.35. The minimum atomic E-state index is -0.664. The number of hydrogen-bond acceptors (Lipinski definition) is 7. The Kier molecular flexibility index (Phi) is 6.28. The third-order valence-corrected chi connectivity index (χ3v) is 6.61. The first-order chi connectivity index (χ1) is 17.5. The van der Waals surface area contributed by atoms with Crippen molar-refractivity contribution in [2.24, 2.45) is 11.0 Å². The fourth-order valence-electron chi connectivity index (χ4n) is 4.86. The maximum absolute atomic E-state index is 13.5.